The minimum Gasteiger partial charge on any atom is -0.306 e. The van der Waals surface area contributed by atoms with Crippen LogP contribution in [0.3, 0.4) is 0 Å². The van der Waals surface area contributed by atoms with E-state index in [1.807, 2.05) is 24.3 Å². The maximum Gasteiger partial charge on any atom is 0.241 e. The Morgan fingerprint density at radius 2 is 1.79 bits per heavy atom. The summed E-state index contributed by atoms with van der Waals surface area (Å²) in [6.45, 7) is 5.35. The first kappa shape index (κ1) is 17.9. The summed E-state index contributed by atoms with van der Waals surface area (Å²) in [5.74, 6) is 0.716. The molecule has 2 fully saturated rings. The second-order valence-corrected chi connectivity index (χ2v) is 10.2. The molecule has 1 aromatic rings. The van der Waals surface area contributed by atoms with Crippen molar-refractivity contribution >= 4 is 37.4 Å². The predicted molar refractivity (Wildman–Crippen MR) is 98.9 cm³/mol. The van der Waals surface area contributed by atoms with Gasteiger partial charge >= 0.3 is 0 Å². The lowest BCUT2D eigenvalue weighted by Gasteiger charge is -2.43. The van der Waals surface area contributed by atoms with Crippen LogP contribution in [-0.4, -0.2) is 55.9 Å². The van der Waals surface area contributed by atoms with Crippen molar-refractivity contribution in [3.8, 4) is 0 Å². The maximum atomic E-state index is 12.8. The van der Waals surface area contributed by atoms with E-state index in [0.29, 0.717) is 12.5 Å². The molecule has 132 valence electrons. The number of anilines is 1. The minimum atomic E-state index is -3.12. The van der Waals surface area contributed by atoms with Crippen molar-refractivity contribution < 1.29 is 13.2 Å². The van der Waals surface area contributed by atoms with Gasteiger partial charge in [0, 0.05) is 16.2 Å². The molecule has 2 saturated heterocycles. The number of rotatable bonds is 4. The number of hydrogen-bond acceptors (Lipinski definition) is 4. The van der Waals surface area contributed by atoms with E-state index in [1.165, 1.54) is 0 Å². The molecule has 7 heteroatoms. The van der Waals surface area contributed by atoms with E-state index in [4.69, 9.17) is 0 Å². The summed E-state index contributed by atoms with van der Waals surface area (Å²) >= 11 is 3.40. The number of nitrogens with zero attached hydrogens (tertiary/aromatic N) is 2. The molecule has 0 N–H and O–H groups in total. The van der Waals surface area contributed by atoms with E-state index in [0.717, 1.165) is 23.1 Å². The lowest BCUT2D eigenvalue weighted by atomic mass is 10.0. The molecule has 3 rings (SSSR count). The third-order valence-corrected chi connectivity index (χ3v) is 7.03. The molecule has 5 nitrogen and oxygen atoms in total. The summed E-state index contributed by atoms with van der Waals surface area (Å²) in [6.07, 6.45) is 0.967. The largest absolute Gasteiger partial charge is 0.306 e. The molecule has 2 aliphatic heterocycles. The van der Waals surface area contributed by atoms with Gasteiger partial charge in [0.2, 0.25) is 5.91 Å². The van der Waals surface area contributed by atoms with Gasteiger partial charge in [-0.1, -0.05) is 29.8 Å². The highest BCUT2D eigenvalue weighted by atomic mass is 79.9. The summed E-state index contributed by atoms with van der Waals surface area (Å²) in [7, 11) is -3.12. The van der Waals surface area contributed by atoms with Gasteiger partial charge in [0.05, 0.1) is 24.1 Å². The Hall–Kier alpha value is -0.920. The molecule has 0 saturated carbocycles. The molecule has 0 spiro atoms. The van der Waals surface area contributed by atoms with Gasteiger partial charge in [-0.05, 0) is 43.1 Å². The zero-order chi connectivity index (χ0) is 17.5. The normalized spacial score (nSPS) is 26.8. The van der Waals surface area contributed by atoms with E-state index < -0.39 is 9.84 Å². The highest BCUT2D eigenvalue weighted by Crippen LogP contribution is 2.32. The summed E-state index contributed by atoms with van der Waals surface area (Å²) in [5.41, 5.74) is 0.777. The Labute approximate surface area is 152 Å². The smallest absolute Gasteiger partial charge is 0.241 e. The first-order valence-corrected chi connectivity index (χ1v) is 10.9. The van der Waals surface area contributed by atoms with Crippen LogP contribution in [0.5, 0.6) is 0 Å². The molecule has 0 aromatic heterocycles. The molecule has 0 bridgehead atoms. The molecule has 24 heavy (non-hydrogen) atoms. The number of carbonyl (C=O) groups is 1. The third-order valence-electron chi connectivity index (χ3n) is 4.80. The molecule has 2 atom stereocenters. The van der Waals surface area contributed by atoms with Crippen molar-refractivity contribution in [2.75, 3.05) is 29.5 Å². The van der Waals surface area contributed by atoms with Gasteiger partial charge in [0.25, 0.3) is 0 Å². The summed E-state index contributed by atoms with van der Waals surface area (Å²) in [4.78, 5) is 16.5. The van der Waals surface area contributed by atoms with E-state index in [9.17, 15) is 13.2 Å². The topological polar surface area (TPSA) is 57.7 Å². The number of piperazine rings is 1. The molecule has 1 aromatic carbocycles. The zero-order valence-corrected chi connectivity index (χ0v) is 16.4. The number of halogens is 1. The molecule has 0 radical (unpaired) electrons. The van der Waals surface area contributed by atoms with Crippen LogP contribution in [0.25, 0.3) is 0 Å². The van der Waals surface area contributed by atoms with Gasteiger partial charge in [0.1, 0.15) is 0 Å². The zero-order valence-electron chi connectivity index (χ0n) is 14.0. The van der Waals surface area contributed by atoms with E-state index in [2.05, 4.69) is 34.7 Å². The van der Waals surface area contributed by atoms with Crippen LogP contribution < -0.4 is 4.90 Å². The SMILES string of the molecule is CC(C)CCN1CC(=O)N(c2ccc(Br)cc2)C2CS(=O)(=O)CC21. The number of fused-ring (bicyclic) bond motifs is 1. The first-order chi connectivity index (χ1) is 11.3. The lowest BCUT2D eigenvalue weighted by molar-refractivity contribution is -0.123. The number of benzene rings is 1. The minimum absolute atomic E-state index is 0.0144. The van der Waals surface area contributed by atoms with Gasteiger partial charge < -0.3 is 4.90 Å². The van der Waals surface area contributed by atoms with Crippen LogP contribution in [0.4, 0.5) is 5.69 Å². The quantitative estimate of drug-likeness (QED) is 0.758. The van der Waals surface area contributed by atoms with Crippen molar-refractivity contribution in [3.05, 3.63) is 28.7 Å². The van der Waals surface area contributed by atoms with Crippen molar-refractivity contribution in [1.82, 2.24) is 4.90 Å². The monoisotopic (exact) mass is 414 g/mol. The fourth-order valence-corrected chi connectivity index (χ4v) is 5.81. The second-order valence-electron chi connectivity index (χ2n) is 7.10. The van der Waals surface area contributed by atoms with E-state index >= 15 is 0 Å². The Kier molecular flexibility index (Phi) is 5.04. The van der Waals surface area contributed by atoms with Crippen LogP contribution in [0.1, 0.15) is 20.3 Å². The third kappa shape index (κ3) is 3.68. The van der Waals surface area contributed by atoms with E-state index in [-0.39, 0.29) is 29.5 Å². The number of hydrogen-bond donors (Lipinski definition) is 0. The van der Waals surface area contributed by atoms with Crippen LogP contribution in [0.2, 0.25) is 0 Å². The summed E-state index contributed by atoms with van der Waals surface area (Å²) < 4.78 is 25.4. The molecular weight excluding hydrogens is 392 g/mol. The van der Waals surface area contributed by atoms with Crippen molar-refractivity contribution in [3.63, 3.8) is 0 Å². The van der Waals surface area contributed by atoms with Crippen LogP contribution >= 0.6 is 15.9 Å². The lowest BCUT2D eigenvalue weighted by Crippen LogP contribution is -2.62. The van der Waals surface area contributed by atoms with Gasteiger partial charge in [-0.25, -0.2) is 8.42 Å². The van der Waals surface area contributed by atoms with Gasteiger partial charge in [-0.2, -0.15) is 0 Å². The van der Waals surface area contributed by atoms with Crippen molar-refractivity contribution in [2.24, 2.45) is 5.92 Å². The molecular formula is C17H23BrN2O3S. The highest BCUT2D eigenvalue weighted by molar-refractivity contribution is 9.10. The van der Waals surface area contributed by atoms with E-state index in [1.54, 1.807) is 4.90 Å². The van der Waals surface area contributed by atoms with Crippen molar-refractivity contribution in [1.29, 1.82) is 0 Å². The average molecular weight is 415 g/mol. The molecule has 1 amide bonds. The summed E-state index contributed by atoms with van der Waals surface area (Å²) in [5, 5.41) is 0. The first-order valence-electron chi connectivity index (χ1n) is 8.29. The van der Waals surface area contributed by atoms with Gasteiger partial charge in [-0.3, -0.25) is 9.69 Å². The number of sulfone groups is 1. The van der Waals surface area contributed by atoms with Crippen LogP contribution in [0, 0.1) is 5.92 Å². The number of amides is 1. The second kappa shape index (κ2) is 6.77. The number of carbonyl (C=O) groups excluding carboxylic acids is 1. The average Bonchev–Trinajstić information content (AvgIpc) is 2.81. The Balaban J connectivity index is 1.90. The van der Waals surface area contributed by atoms with Crippen LogP contribution in [-0.2, 0) is 14.6 Å². The van der Waals surface area contributed by atoms with Gasteiger partial charge in [0.15, 0.2) is 9.84 Å². The molecule has 2 unspecified atom stereocenters. The molecule has 0 aliphatic carbocycles. The Bertz CT molecular complexity index is 718. The molecule has 2 heterocycles. The van der Waals surface area contributed by atoms with Crippen molar-refractivity contribution in [2.45, 2.75) is 32.4 Å². The Morgan fingerprint density at radius 3 is 2.42 bits per heavy atom. The molecule has 2 aliphatic rings. The Morgan fingerprint density at radius 1 is 1.17 bits per heavy atom. The maximum absolute atomic E-state index is 12.8. The fourth-order valence-electron chi connectivity index (χ4n) is 3.56. The predicted octanol–water partition coefficient (Wildman–Crippen LogP) is 2.31. The fraction of sp³-hybridized carbons (Fsp3) is 0.588. The highest BCUT2D eigenvalue weighted by Gasteiger charge is 2.49. The van der Waals surface area contributed by atoms with Gasteiger partial charge in [-0.15, -0.1) is 0 Å². The summed E-state index contributed by atoms with van der Waals surface area (Å²) in [6, 6.07) is 7.11. The van der Waals surface area contributed by atoms with Crippen LogP contribution in [0.15, 0.2) is 28.7 Å². The standard InChI is InChI=1S/C17H23BrN2O3S/c1-12(2)7-8-19-9-17(21)20(14-5-3-13(18)4-6-14)16-11-24(22,23)10-15(16)19/h3-6,12,15-16H,7-11H2,1-2H3.